The zero-order chi connectivity index (χ0) is 15.7. The van der Waals surface area contributed by atoms with E-state index in [9.17, 15) is 8.42 Å². The molecular weight excluding hydrogens is 292 g/mol. The Morgan fingerprint density at radius 2 is 2.24 bits per heavy atom. The van der Waals surface area contributed by atoms with Gasteiger partial charge in [0.25, 0.3) is 0 Å². The molecule has 21 heavy (non-hydrogen) atoms. The molecule has 8 heteroatoms. The Bertz CT molecular complexity index is 599. The smallest absolute Gasteiger partial charge is 0.246 e. The van der Waals surface area contributed by atoms with Gasteiger partial charge in [-0.3, -0.25) is 5.10 Å². The topological polar surface area (TPSA) is 87.3 Å². The zero-order valence-corrected chi connectivity index (χ0v) is 13.9. The fourth-order valence-electron chi connectivity index (χ4n) is 2.76. The van der Waals surface area contributed by atoms with Crippen LogP contribution in [0.15, 0.2) is 4.90 Å². The summed E-state index contributed by atoms with van der Waals surface area (Å²) in [6, 6.07) is 0. The molecule has 0 spiro atoms. The second-order valence-electron chi connectivity index (χ2n) is 5.75. The van der Waals surface area contributed by atoms with Gasteiger partial charge in [0.05, 0.1) is 17.0 Å². The SMILES string of the molecule is CNCc1n[nH]c(C)c1S(=O)(=O)N1CCCC(C)(OC)C1. The summed E-state index contributed by atoms with van der Waals surface area (Å²) in [5, 5.41) is 9.82. The first-order valence-electron chi connectivity index (χ1n) is 7.08. The molecule has 2 rings (SSSR count). The summed E-state index contributed by atoms with van der Waals surface area (Å²) in [7, 11) is -0.166. The average Bonchev–Trinajstić information content (AvgIpc) is 2.81. The lowest BCUT2D eigenvalue weighted by Gasteiger charge is -2.38. The second kappa shape index (κ2) is 6.04. The molecule has 1 aliphatic heterocycles. The lowest BCUT2D eigenvalue weighted by atomic mass is 9.96. The summed E-state index contributed by atoms with van der Waals surface area (Å²) < 4.78 is 32.9. The third-order valence-corrected chi connectivity index (χ3v) is 6.07. The van der Waals surface area contributed by atoms with Gasteiger partial charge >= 0.3 is 0 Å². The Morgan fingerprint density at radius 1 is 1.52 bits per heavy atom. The van der Waals surface area contributed by atoms with Gasteiger partial charge < -0.3 is 10.1 Å². The van der Waals surface area contributed by atoms with Crippen molar-refractivity contribution in [2.75, 3.05) is 27.2 Å². The molecule has 0 radical (unpaired) electrons. The molecule has 0 bridgehead atoms. The van der Waals surface area contributed by atoms with Crippen LogP contribution in [0.4, 0.5) is 0 Å². The minimum Gasteiger partial charge on any atom is -0.377 e. The van der Waals surface area contributed by atoms with Gasteiger partial charge in [0.1, 0.15) is 4.90 Å². The van der Waals surface area contributed by atoms with Gasteiger partial charge in [0, 0.05) is 26.7 Å². The number of aromatic amines is 1. The van der Waals surface area contributed by atoms with Crippen molar-refractivity contribution in [3.05, 3.63) is 11.4 Å². The molecule has 0 aliphatic carbocycles. The monoisotopic (exact) mass is 316 g/mol. The molecule has 2 N–H and O–H groups in total. The highest BCUT2D eigenvalue weighted by Crippen LogP contribution is 2.30. The molecule has 7 nitrogen and oxygen atoms in total. The van der Waals surface area contributed by atoms with Crippen molar-refractivity contribution in [1.82, 2.24) is 19.8 Å². The number of nitrogens with zero attached hydrogens (tertiary/aromatic N) is 2. The molecule has 2 heterocycles. The van der Waals surface area contributed by atoms with E-state index in [1.54, 1.807) is 21.1 Å². The van der Waals surface area contributed by atoms with Crippen molar-refractivity contribution in [1.29, 1.82) is 0 Å². The highest BCUT2D eigenvalue weighted by molar-refractivity contribution is 7.89. The molecule has 1 fully saturated rings. The normalized spacial score (nSPS) is 24.4. The Labute approximate surface area is 126 Å². The molecule has 1 aliphatic rings. The van der Waals surface area contributed by atoms with Crippen LogP contribution in [0.5, 0.6) is 0 Å². The van der Waals surface area contributed by atoms with Crippen LogP contribution in [0.25, 0.3) is 0 Å². The van der Waals surface area contributed by atoms with Crippen LogP contribution in [0.2, 0.25) is 0 Å². The van der Waals surface area contributed by atoms with Crippen molar-refractivity contribution in [3.8, 4) is 0 Å². The van der Waals surface area contributed by atoms with Crippen molar-refractivity contribution in [2.45, 2.75) is 43.7 Å². The molecule has 1 saturated heterocycles. The lowest BCUT2D eigenvalue weighted by Crippen LogP contribution is -2.49. The third kappa shape index (κ3) is 3.13. The summed E-state index contributed by atoms with van der Waals surface area (Å²) in [5.74, 6) is 0. The Morgan fingerprint density at radius 3 is 2.86 bits per heavy atom. The van der Waals surface area contributed by atoms with Crippen LogP contribution < -0.4 is 5.32 Å². The van der Waals surface area contributed by atoms with E-state index in [1.165, 1.54) is 4.31 Å². The van der Waals surface area contributed by atoms with Gasteiger partial charge in [-0.15, -0.1) is 0 Å². The summed E-state index contributed by atoms with van der Waals surface area (Å²) in [6.45, 7) is 4.98. The third-order valence-electron chi connectivity index (χ3n) is 4.02. The number of nitrogens with one attached hydrogen (secondary N) is 2. The van der Waals surface area contributed by atoms with Crippen LogP contribution in [0, 0.1) is 6.92 Å². The fourth-order valence-corrected chi connectivity index (χ4v) is 4.68. The van der Waals surface area contributed by atoms with E-state index < -0.39 is 15.6 Å². The van der Waals surface area contributed by atoms with Gasteiger partial charge in [-0.1, -0.05) is 0 Å². The summed E-state index contributed by atoms with van der Waals surface area (Å²) >= 11 is 0. The highest BCUT2D eigenvalue weighted by Gasteiger charge is 2.39. The first-order valence-corrected chi connectivity index (χ1v) is 8.52. The molecule has 120 valence electrons. The van der Waals surface area contributed by atoms with Gasteiger partial charge in [-0.25, -0.2) is 8.42 Å². The van der Waals surface area contributed by atoms with Crippen LogP contribution >= 0.6 is 0 Å². The predicted octanol–water partition coefficient (Wildman–Crippen LogP) is 0.627. The van der Waals surface area contributed by atoms with Gasteiger partial charge in [0.15, 0.2) is 0 Å². The molecule has 0 amide bonds. The maximum atomic E-state index is 13.0. The number of hydrogen-bond acceptors (Lipinski definition) is 5. The van der Waals surface area contributed by atoms with E-state index in [2.05, 4.69) is 15.5 Å². The van der Waals surface area contributed by atoms with Gasteiger partial charge in [-0.05, 0) is 33.7 Å². The number of H-pyrrole nitrogens is 1. The summed E-state index contributed by atoms with van der Waals surface area (Å²) in [4.78, 5) is 0.289. The Hall–Kier alpha value is -0.960. The minimum atomic E-state index is -3.56. The predicted molar refractivity (Wildman–Crippen MR) is 79.5 cm³/mol. The number of aromatic nitrogens is 2. The van der Waals surface area contributed by atoms with Crippen molar-refractivity contribution in [2.24, 2.45) is 0 Å². The number of sulfonamides is 1. The first-order chi connectivity index (χ1) is 9.84. The minimum absolute atomic E-state index is 0.289. The maximum Gasteiger partial charge on any atom is 0.246 e. The molecule has 1 aromatic rings. The van der Waals surface area contributed by atoms with E-state index in [4.69, 9.17) is 4.74 Å². The van der Waals surface area contributed by atoms with Crippen molar-refractivity contribution < 1.29 is 13.2 Å². The van der Waals surface area contributed by atoms with E-state index in [-0.39, 0.29) is 4.90 Å². The number of methoxy groups -OCH3 is 1. The largest absolute Gasteiger partial charge is 0.377 e. The summed E-state index contributed by atoms with van der Waals surface area (Å²) in [6.07, 6.45) is 1.66. The zero-order valence-electron chi connectivity index (χ0n) is 13.1. The van der Waals surface area contributed by atoms with Crippen molar-refractivity contribution >= 4 is 10.0 Å². The van der Waals surface area contributed by atoms with E-state index in [1.807, 2.05) is 6.92 Å². The second-order valence-corrected chi connectivity index (χ2v) is 7.63. The first kappa shape index (κ1) is 16.4. The fraction of sp³-hybridized carbons (Fsp3) is 0.769. The van der Waals surface area contributed by atoms with Crippen LogP contribution in [0.1, 0.15) is 31.2 Å². The maximum absolute atomic E-state index is 13.0. The van der Waals surface area contributed by atoms with Gasteiger partial charge in [0.2, 0.25) is 10.0 Å². The number of piperidine rings is 1. The van der Waals surface area contributed by atoms with Crippen molar-refractivity contribution in [3.63, 3.8) is 0 Å². The number of aryl methyl sites for hydroxylation is 1. The Kier molecular flexibility index (Phi) is 4.72. The van der Waals surface area contributed by atoms with E-state index >= 15 is 0 Å². The highest BCUT2D eigenvalue weighted by atomic mass is 32.2. The summed E-state index contributed by atoms with van der Waals surface area (Å²) in [5.41, 5.74) is 0.677. The standard InChI is InChI=1S/C13H24N4O3S/c1-10-12(11(8-14-3)16-15-10)21(18,19)17-7-5-6-13(2,9-17)20-4/h14H,5-9H2,1-4H3,(H,15,16). The van der Waals surface area contributed by atoms with E-state index in [0.29, 0.717) is 31.0 Å². The van der Waals surface area contributed by atoms with Crippen LogP contribution in [-0.2, 0) is 21.3 Å². The molecule has 0 saturated carbocycles. The Balaban J connectivity index is 2.36. The van der Waals surface area contributed by atoms with Crippen LogP contribution in [0.3, 0.4) is 0 Å². The average molecular weight is 316 g/mol. The number of hydrogen-bond donors (Lipinski definition) is 2. The molecule has 0 aromatic carbocycles. The molecular formula is C13H24N4O3S. The van der Waals surface area contributed by atoms with E-state index in [0.717, 1.165) is 12.8 Å². The number of rotatable bonds is 5. The molecule has 1 atom stereocenters. The number of ether oxygens (including phenoxy) is 1. The quantitative estimate of drug-likeness (QED) is 0.832. The lowest BCUT2D eigenvalue weighted by molar-refractivity contribution is -0.0319. The van der Waals surface area contributed by atoms with Gasteiger partial charge in [-0.2, -0.15) is 9.40 Å². The van der Waals surface area contributed by atoms with Crippen LogP contribution in [-0.4, -0.2) is 55.8 Å². The molecule has 1 unspecified atom stereocenters. The molecule has 1 aromatic heterocycles.